The number of nitrogens with one attached hydrogen (secondary N) is 1. The van der Waals surface area contributed by atoms with Crippen molar-refractivity contribution < 1.29 is 4.42 Å². The van der Waals surface area contributed by atoms with E-state index in [4.69, 9.17) is 16.0 Å². The Balaban J connectivity index is 1.80. The maximum absolute atomic E-state index is 5.92. The van der Waals surface area contributed by atoms with Gasteiger partial charge in [0.15, 0.2) is 11.5 Å². The van der Waals surface area contributed by atoms with Gasteiger partial charge in [-0.15, -0.1) is 0 Å². The fourth-order valence-electron chi connectivity index (χ4n) is 2.00. The molecule has 0 bridgehead atoms. The number of rotatable bonds is 2. The summed E-state index contributed by atoms with van der Waals surface area (Å²) >= 11 is 7.89. The summed E-state index contributed by atoms with van der Waals surface area (Å²) < 4.78 is 5.71. The van der Waals surface area contributed by atoms with Crippen molar-refractivity contribution >= 4 is 34.5 Å². The first kappa shape index (κ1) is 11.4. The summed E-state index contributed by atoms with van der Waals surface area (Å²) in [6.45, 7) is 1.07. The Hall–Kier alpha value is -0.710. The minimum absolute atomic E-state index is 0.470. The molecule has 90 valence electrons. The minimum atomic E-state index is 0.470. The predicted octanol–water partition coefficient (Wildman–Crippen LogP) is 2.73. The van der Waals surface area contributed by atoms with Crippen molar-refractivity contribution in [3.05, 3.63) is 29.1 Å². The molecule has 1 aromatic carbocycles. The number of fused-ring (bicyclic) bond motifs is 1. The van der Waals surface area contributed by atoms with Crippen molar-refractivity contribution in [2.24, 2.45) is 0 Å². The van der Waals surface area contributed by atoms with Crippen LogP contribution in [0.2, 0.25) is 5.02 Å². The molecule has 1 atom stereocenters. The van der Waals surface area contributed by atoms with Gasteiger partial charge in [-0.05, 0) is 12.1 Å². The normalized spacial score (nSPS) is 20.9. The number of oxazole rings is 1. The summed E-state index contributed by atoms with van der Waals surface area (Å²) in [5.41, 5.74) is 1.66. The summed E-state index contributed by atoms with van der Waals surface area (Å²) in [6, 6.07) is 6.02. The Labute approximate surface area is 109 Å². The average Bonchev–Trinajstić information content (AvgIpc) is 2.71. The van der Waals surface area contributed by atoms with E-state index in [1.165, 1.54) is 5.75 Å². The van der Waals surface area contributed by atoms with Crippen LogP contribution in [0, 0.1) is 0 Å². The van der Waals surface area contributed by atoms with E-state index in [0.717, 1.165) is 35.7 Å². The first-order chi connectivity index (χ1) is 8.31. The maximum atomic E-state index is 5.92. The highest BCUT2D eigenvalue weighted by Crippen LogP contribution is 2.21. The van der Waals surface area contributed by atoms with Crippen molar-refractivity contribution in [2.45, 2.75) is 12.5 Å². The van der Waals surface area contributed by atoms with Crippen molar-refractivity contribution in [1.82, 2.24) is 10.3 Å². The lowest BCUT2D eigenvalue weighted by Crippen LogP contribution is -2.38. The van der Waals surface area contributed by atoms with Gasteiger partial charge in [0.25, 0.3) is 0 Å². The average molecular weight is 269 g/mol. The van der Waals surface area contributed by atoms with Crippen LogP contribution in [0.15, 0.2) is 22.6 Å². The Morgan fingerprint density at radius 1 is 1.53 bits per heavy atom. The smallest absolute Gasteiger partial charge is 0.197 e. The van der Waals surface area contributed by atoms with E-state index in [0.29, 0.717) is 11.1 Å². The zero-order valence-electron chi connectivity index (χ0n) is 9.28. The fourth-order valence-corrected chi connectivity index (χ4v) is 3.11. The Morgan fingerprint density at radius 3 is 3.29 bits per heavy atom. The SMILES string of the molecule is Clc1ccc2nc(CC3CSCCN3)oc2c1. The molecule has 5 heteroatoms. The molecule has 3 nitrogen and oxygen atoms in total. The van der Waals surface area contributed by atoms with Gasteiger partial charge in [-0.25, -0.2) is 4.98 Å². The quantitative estimate of drug-likeness (QED) is 0.909. The maximum Gasteiger partial charge on any atom is 0.197 e. The Kier molecular flexibility index (Phi) is 3.27. The van der Waals surface area contributed by atoms with Crippen LogP contribution < -0.4 is 5.32 Å². The number of benzene rings is 1. The standard InChI is InChI=1S/C12H13ClN2OS/c13-8-1-2-10-11(5-8)16-12(15-10)6-9-7-17-4-3-14-9/h1-2,5,9,14H,3-4,6-7H2. The van der Waals surface area contributed by atoms with Crippen molar-refractivity contribution in [3.8, 4) is 0 Å². The van der Waals surface area contributed by atoms with Gasteiger partial charge in [-0.3, -0.25) is 0 Å². The van der Waals surface area contributed by atoms with Crippen LogP contribution in [0.25, 0.3) is 11.1 Å². The van der Waals surface area contributed by atoms with E-state index < -0.39 is 0 Å². The summed E-state index contributed by atoms with van der Waals surface area (Å²) in [4.78, 5) is 4.47. The number of nitrogens with zero attached hydrogens (tertiary/aromatic N) is 1. The van der Waals surface area contributed by atoms with E-state index in [9.17, 15) is 0 Å². The Morgan fingerprint density at radius 2 is 2.47 bits per heavy atom. The second-order valence-corrected chi connectivity index (χ2v) is 5.74. The van der Waals surface area contributed by atoms with Gasteiger partial charge in [0.1, 0.15) is 5.52 Å². The predicted molar refractivity (Wildman–Crippen MR) is 71.8 cm³/mol. The van der Waals surface area contributed by atoms with E-state index in [2.05, 4.69) is 10.3 Å². The minimum Gasteiger partial charge on any atom is -0.441 e. The van der Waals surface area contributed by atoms with Gasteiger partial charge in [-0.1, -0.05) is 11.6 Å². The van der Waals surface area contributed by atoms with Gasteiger partial charge >= 0.3 is 0 Å². The molecule has 0 saturated carbocycles. The van der Waals surface area contributed by atoms with Crippen LogP contribution in [0.1, 0.15) is 5.89 Å². The molecule has 1 N–H and O–H groups in total. The molecule has 1 aliphatic rings. The third-order valence-electron chi connectivity index (χ3n) is 2.81. The molecule has 1 fully saturated rings. The lowest BCUT2D eigenvalue weighted by Gasteiger charge is -2.21. The van der Waals surface area contributed by atoms with Crippen molar-refractivity contribution in [1.29, 1.82) is 0 Å². The highest BCUT2D eigenvalue weighted by Gasteiger charge is 2.16. The van der Waals surface area contributed by atoms with Gasteiger partial charge in [0, 0.05) is 41.6 Å². The zero-order chi connectivity index (χ0) is 11.7. The lowest BCUT2D eigenvalue weighted by atomic mass is 10.2. The molecule has 0 spiro atoms. The molecule has 3 rings (SSSR count). The number of hydrogen-bond donors (Lipinski definition) is 1. The molecule has 0 amide bonds. The van der Waals surface area contributed by atoms with Crippen LogP contribution >= 0.6 is 23.4 Å². The van der Waals surface area contributed by atoms with Gasteiger partial charge in [-0.2, -0.15) is 11.8 Å². The second-order valence-electron chi connectivity index (χ2n) is 4.15. The van der Waals surface area contributed by atoms with Crippen LogP contribution in [-0.4, -0.2) is 29.1 Å². The van der Waals surface area contributed by atoms with Crippen LogP contribution in [0.3, 0.4) is 0 Å². The third kappa shape index (κ3) is 2.59. The van der Waals surface area contributed by atoms with Gasteiger partial charge in [0.05, 0.1) is 0 Å². The number of thioether (sulfide) groups is 1. The zero-order valence-corrected chi connectivity index (χ0v) is 10.9. The first-order valence-electron chi connectivity index (χ1n) is 5.67. The molecule has 0 aliphatic carbocycles. The van der Waals surface area contributed by atoms with Gasteiger partial charge in [0.2, 0.25) is 0 Å². The van der Waals surface area contributed by atoms with E-state index >= 15 is 0 Å². The molecule has 1 aromatic heterocycles. The summed E-state index contributed by atoms with van der Waals surface area (Å²) in [5.74, 6) is 3.11. The molecule has 17 heavy (non-hydrogen) atoms. The molecule has 1 saturated heterocycles. The van der Waals surface area contributed by atoms with Gasteiger partial charge < -0.3 is 9.73 Å². The number of aromatic nitrogens is 1. The number of hydrogen-bond acceptors (Lipinski definition) is 4. The second kappa shape index (κ2) is 4.88. The molecule has 1 aliphatic heterocycles. The third-order valence-corrected chi connectivity index (χ3v) is 4.18. The van der Waals surface area contributed by atoms with E-state index in [1.807, 2.05) is 30.0 Å². The highest BCUT2D eigenvalue weighted by atomic mass is 35.5. The summed E-state index contributed by atoms with van der Waals surface area (Å²) in [7, 11) is 0. The van der Waals surface area contributed by atoms with Crippen molar-refractivity contribution in [3.63, 3.8) is 0 Å². The first-order valence-corrected chi connectivity index (χ1v) is 7.20. The Bertz CT molecular complexity index is 522. The summed E-state index contributed by atoms with van der Waals surface area (Å²) in [5, 5.41) is 4.16. The topological polar surface area (TPSA) is 38.1 Å². The van der Waals surface area contributed by atoms with E-state index in [1.54, 1.807) is 0 Å². The molecule has 0 radical (unpaired) electrons. The van der Waals surface area contributed by atoms with Crippen LogP contribution in [0.5, 0.6) is 0 Å². The van der Waals surface area contributed by atoms with Crippen molar-refractivity contribution in [2.75, 3.05) is 18.1 Å². The van der Waals surface area contributed by atoms with Crippen LogP contribution in [0.4, 0.5) is 0 Å². The van der Waals surface area contributed by atoms with E-state index in [-0.39, 0.29) is 0 Å². The molecular formula is C12H13ClN2OS. The highest BCUT2D eigenvalue weighted by molar-refractivity contribution is 7.99. The molecule has 2 aromatic rings. The summed E-state index contributed by atoms with van der Waals surface area (Å²) in [6.07, 6.45) is 0.847. The molecular weight excluding hydrogens is 256 g/mol. The monoisotopic (exact) mass is 268 g/mol. The fraction of sp³-hybridized carbons (Fsp3) is 0.417. The molecule has 2 heterocycles. The molecule has 1 unspecified atom stereocenters. The lowest BCUT2D eigenvalue weighted by molar-refractivity contribution is 0.469. The number of halogens is 1. The largest absolute Gasteiger partial charge is 0.441 e. The van der Waals surface area contributed by atoms with Crippen LogP contribution in [-0.2, 0) is 6.42 Å².